The predicted octanol–water partition coefficient (Wildman–Crippen LogP) is 2.97. The van der Waals surface area contributed by atoms with Gasteiger partial charge >= 0.3 is 0 Å². The largest absolute Gasteiger partial charge is 0.385 e. The van der Waals surface area contributed by atoms with Crippen molar-refractivity contribution in [3.8, 4) is 0 Å². The molecular formula is C13H27NO. The SMILES string of the molecule is COCCCCN[C@H](C)C1CCCCC1. The second-order valence-electron chi connectivity index (χ2n) is 4.84. The van der Waals surface area contributed by atoms with Gasteiger partial charge in [0.25, 0.3) is 0 Å². The molecule has 0 aromatic rings. The molecule has 0 aromatic carbocycles. The van der Waals surface area contributed by atoms with Gasteiger partial charge in [-0.25, -0.2) is 0 Å². The molecule has 1 N–H and O–H groups in total. The topological polar surface area (TPSA) is 21.3 Å². The molecule has 90 valence electrons. The van der Waals surface area contributed by atoms with Crippen molar-refractivity contribution in [2.45, 2.75) is 57.9 Å². The first-order chi connectivity index (χ1) is 7.34. The van der Waals surface area contributed by atoms with Crippen molar-refractivity contribution in [2.75, 3.05) is 20.3 Å². The Kier molecular flexibility index (Phi) is 7.03. The molecule has 0 amide bonds. The highest BCUT2D eigenvalue weighted by Gasteiger charge is 2.18. The number of hydrogen-bond donors (Lipinski definition) is 1. The van der Waals surface area contributed by atoms with Gasteiger partial charge in [0.2, 0.25) is 0 Å². The third-order valence-electron chi connectivity index (χ3n) is 3.60. The first-order valence-electron chi connectivity index (χ1n) is 6.57. The summed E-state index contributed by atoms with van der Waals surface area (Å²) in [5.74, 6) is 0.932. The van der Waals surface area contributed by atoms with E-state index in [4.69, 9.17) is 4.74 Å². The molecule has 0 unspecified atom stereocenters. The van der Waals surface area contributed by atoms with Crippen molar-refractivity contribution >= 4 is 0 Å². The first-order valence-corrected chi connectivity index (χ1v) is 6.57. The summed E-state index contributed by atoms with van der Waals surface area (Å²) in [5, 5.41) is 3.66. The Labute approximate surface area is 94.8 Å². The Hall–Kier alpha value is -0.0800. The van der Waals surface area contributed by atoms with Crippen LogP contribution in [0.1, 0.15) is 51.9 Å². The smallest absolute Gasteiger partial charge is 0.0462 e. The Bertz CT molecular complexity index is 143. The van der Waals surface area contributed by atoms with Gasteiger partial charge in [0.05, 0.1) is 0 Å². The molecule has 1 aliphatic rings. The van der Waals surface area contributed by atoms with Crippen molar-refractivity contribution in [1.82, 2.24) is 5.32 Å². The fourth-order valence-electron chi connectivity index (χ4n) is 2.50. The van der Waals surface area contributed by atoms with E-state index < -0.39 is 0 Å². The second kappa shape index (κ2) is 8.12. The average Bonchev–Trinajstić information content (AvgIpc) is 2.30. The summed E-state index contributed by atoms with van der Waals surface area (Å²) in [6.45, 7) is 4.41. The van der Waals surface area contributed by atoms with Crippen molar-refractivity contribution < 1.29 is 4.74 Å². The summed E-state index contributed by atoms with van der Waals surface area (Å²) in [6, 6.07) is 0.716. The van der Waals surface area contributed by atoms with Gasteiger partial charge in [-0.1, -0.05) is 19.3 Å². The minimum atomic E-state index is 0.716. The molecule has 15 heavy (non-hydrogen) atoms. The summed E-state index contributed by atoms with van der Waals surface area (Å²) in [7, 11) is 1.78. The molecule has 0 aromatic heterocycles. The molecule has 1 atom stereocenters. The highest BCUT2D eigenvalue weighted by Crippen LogP contribution is 2.26. The lowest BCUT2D eigenvalue weighted by atomic mass is 9.84. The van der Waals surface area contributed by atoms with Crippen LogP contribution >= 0.6 is 0 Å². The van der Waals surface area contributed by atoms with Crippen LogP contribution in [-0.2, 0) is 4.74 Å². The number of methoxy groups -OCH3 is 1. The van der Waals surface area contributed by atoms with E-state index in [0.717, 1.165) is 19.1 Å². The van der Waals surface area contributed by atoms with Crippen LogP contribution in [0.3, 0.4) is 0 Å². The van der Waals surface area contributed by atoms with Crippen molar-refractivity contribution in [3.05, 3.63) is 0 Å². The van der Waals surface area contributed by atoms with E-state index in [0.29, 0.717) is 6.04 Å². The first kappa shape index (κ1) is 13.0. The van der Waals surface area contributed by atoms with Gasteiger partial charge in [-0.05, 0) is 45.1 Å². The third kappa shape index (κ3) is 5.53. The molecule has 0 aliphatic heterocycles. The van der Waals surface area contributed by atoms with E-state index in [1.807, 2.05) is 0 Å². The molecule has 1 aliphatic carbocycles. The molecule has 1 fully saturated rings. The van der Waals surface area contributed by atoms with E-state index in [9.17, 15) is 0 Å². The highest BCUT2D eigenvalue weighted by molar-refractivity contribution is 4.75. The van der Waals surface area contributed by atoms with Crippen molar-refractivity contribution in [3.63, 3.8) is 0 Å². The molecule has 0 bridgehead atoms. The summed E-state index contributed by atoms with van der Waals surface area (Å²) < 4.78 is 5.04. The van der Waals surface area contributed by atoms with Crippen molar-refractivity contribution in [1.29, 1.82) is 0 Å². The van der Waals surface area contributed by atoms with Crippen LogP contribution < -0.4 is 5.32 Å². The van der Waals surface area contributed by atoms with Gasteiger partial charge < -0.3 is 10.1 Å². The molecule has 2 nitrogen and oxygen atoms in total. The average molecular weight is 213 g/mol. The van der Waals surface area contributed by atoms with Crippen LogP contribution in [0, 0.1) is 5.92 Å². The standard InChI is InChI=1S/C13H27NO/c1-12(13-8-4-3-5-9-13)14-10-6-7-11-15-2/h12-14H,3-11H2,1-2H3/t12-/m1/s1. The lowest BCUT2D eigenvalue weighted by molar-refractivity contribution is 0.191. The molecule has 2 heteroatoms. The Morgan fingerprint density at radius 3 is 2.60 bits per heavy atom. The van der Waals surface area contributed by atoms with E-state index in [-0.39, 0.29) is 0 Å². The molecule has 0 spiro atoms. The van der Waals surface area contributed by atoms with Gasteiger partial charge in [-0.15, -0.1) is 0 Å². The minimum absolute atomic E-state index is 0.716. The van der Waals surface area contributed by atoms with Crippen LogP contribution in [0.5, 0.6) is 0 Å². The summed E-state index contributed by atoms with van der Waals surface area (Å²) >= 11 is 0. The number of unbranched alkanes of at least 4 members (excludes halogenated alkanes) is 1. The third-order valence-corrected chi connectivity index (χ3v) is 3.60. The quantitative estimate of drug-likeness (QED) is 0.656. The maximum absolute atomic E-state index is 5.04. The minimum Gasteiger partial charge on any atom is -0.385 e. The van der Waals surface area contributed by atoms with Crippen LogP contribution in [0.4, 0.5) is 0 Å². The number of rotatable bonds is 7. The van der Waals surface area contributed by atoms with E-state index in [1.54, 1.807) is 7.11 Å². The van der Waals surface area contributed by atoms with Gasteiger partial charge in [-0.2, -0.15) is 0 Å². The van der Waals surface area contributed by atoms with Crippen molar-refractivity contribution in [2.24, 2.45) is 5.92 Å². The maximum atomic E-state index is 5.04. The van der Waals surface area contributed by atoms with Crippen LogP contribution in [0.15, 0.2) is 0 Å². The van der Waals surface area contributed by atoms with Gasteiger partial charge in [-0.3, -0.25) is 0 Å². The van der Waals surface area contributed by atoms with Gasteiger partial charge in [0.1, 0.15) is 0 Å². The normalized spacial score (nSPS) is 20.4. The Morgan fingerprint density at radius 1 is 1.20 bits per heavy atom. The second-order valence-corrected chi connectivity index (χ2v) is 4.84. The zero-order valence-electron chi connectivity index (χ0n) is 10.4. The lowest BCUT2D eigenvalue weighted by Gasteiger charge is -2.28. The Morgan fingerprint density at radius 2 is 1.93 bits per heavy atom. The monoisotopic (exact) mass is 213 g/mol. The molecule has 0 heterocycles. The van der Waals surface area contributed by atoms with Crippen LogP contribution in [0.25, 0.3) is 0 Å². The van der Waals surface area contributed by atoms with E-state index in [1.165, 1.54) is 44.9 Å². The molecule has 1 rings (SSSR count). The molecule has 1 saturated carbocycles. The Balaban J connectivity index is 1.99. The van der Waals surface area contributed by atoms with E-state index in [2.05, 4.69) is 12.2 Å². The number of nitrogens with one attached hydrogen (secondary N) is 1. The highest BCUT2D eigenvalue weighted by atomic mass is 16.5. The maximum Gasteiger partial charge on any atom is 0.0462 e. The van der Waals surface area contributed by atoms with Gasteiger partial charge in [0, 0.05) is 19.8 Å². The summed E-state index contributed by atoms with van der Waals surface area (Å²) in [6.07, 6.45) is 9.64. The molecular weight excluding hydrogens is 186 g/mol. The number of ether oxygens (including phenoxy) is 1. The van der Waals surface area contributed by atoms with E-state index >= 15 is 0 Å². The zero-order chi connectivity index (χ0) is 10.9. The summed E-state index contributed by atoms with van der Waals surface area (Å²) in [4.78, 5) is 0. The molecule has 0 saturated heterocycles. The lowest BCUT2D eigenvalue weighted by Crippen LogP contribution is -2.35. The van der Waals surface area contributed by atoms with Crippen LogP contribution in [-0.4, -0.2) is 26.3 Å². The molecule has 0 radical (unpaired) electrons. The number of hydrogen-bond acceptors (Lipinski definition) is 2. The predicted molar refractivity (Wildman–Crippen MR) is 65.1 cm³/mol. The van der Waals surface area contributed by atoms with Gasteiger partial charge in [0.15, 0.2) is 0 Å². The zero-order valence-corrected chi connectivity index (χ0v) is 10.4. The summed E-state index contributed by atoms with van der Waals surface area (Å²) in [5.41, 5.74) is 0. The fourth-order valence-corrected chi connectivity index (χ4v) is 2.50. The van der Waals surface area contributed by atoms with Crippen LogP contribution in [0.2, 0.25) is 0 Å². The fraction of sp³-hybridized carbons (Fsp3) is 1.00.